The lowest BCUT2D eigenvalue weighted by Crippen LogP contribution is -2.29. The number of amides is 3. The van der Waals surface area contributed by atoms with Gasteiger partial charge in [-0.1, -0.05) is 23.7 Å². The van der Waals surface area contributed by atoms with Crippen LogP contribution >= 0.6 is 11.6 Å². The summed E-state index contributed by atoms with van der Waals surface area (Å²) in [5.41, 5.74) is 0.924. The highest BCUT2D eigenvalue weighted by Gasteiger charge is 2.38. The van der Waals surface area contributed by atoms with Gasteiger partial charge in [-0.15, -0.1) is 0 Å². The first-order valence-electron chi connectivity index (χ1n) is 9.62. The number of benzene rings is 2. The first-order chi connectivity index (χ1) is 15.4. The average molecular weight is 450 g/mol. The van der Waals surface area contributed by atoms with Gasteiger partial charge in [0.05, 0.1) is 34.0 Å². The zero-order valence-electron chi connectivity index (χ0n) is 16.8. The molecule has 3 amide bonds. The zero-order chi connectivity index (χ0) is 22.8. The second-order valence-electron chi connectivity index (χ2n) is 6.76. The maximum absolute atomic E-state index is 12.9. The molecule has 0 bridgehead atoms. The second-order valence-corrected chi connectivity index (χ2v) is 7.17. The van der Waals surface area contributed by atoms with E-state index in [2.05, 4.69) is 10.3 Å². The number of anilines is 2. The third-order valence-electron chi connectivity index (χ3n) is 4.75. The van der Waals surface area contributed by atoms with Gasteiger partial charge < -0.3 is 10.1 Å². The van der Waals surface area contributed by atoms with E-state index in [0.717, 1.165) is 4.90 Å². The van der Waals surface area contributed by atoms with Crippen LogP contribution in [0.5, 0.6) is 0 Å². The highest BCUT2D eigenvalue weighted by Crippen LogP contribution is 2.33. The van der Waals surface area contributed by atoms with E-state index >= 15 is 0 Å². The molecule has 1 aliphatic heterocycles. The summed E-state index contributed by atoms with van der Waals surface area (Å²) in [6, 6.07) is 13.6. The molecule has 2 aromatic carbocycles. The SMILES string of the molecule is CCOC(=O)c1ccnc(NC(=O)c2ccc3c(c2)C(=O)N(c2ccccc2Cl)C3=O)c1. The molecule has 9 heteroatoms. The molecule has 4 rings (SSSR count). The Morgan fingerprint density at radius 2 is 1.75 bits per heavy atom. The van der Waals surface area contributed by atoms with Crippen molar-refractivity contribution in [2.45, 2.75) is 6.92 Å². The summed E-state index contributed by atoms with van der Waals surface area (Å²) >= 11 is 6.15. The molecule has 0 aliphatic carbocycles. The largest absolute Gasteiger partial charge is 0.462 e. The van der Waals surface area contributed by atoms with Crippen LogP contribution < -0.4 is 10.2 Å². The van der Waals surface area contributed by atoms with Crippen LogP contribution in [0.1, 0.15) is 48.4 Å². The van der Waals surface area contributed by atoms with Crippen molar-refractivity contribution in [1.29, 1.82) is 0 Å². The summed E-state index contributed by atoms with van der Waals surface area (Å²) in [5.74, 6) is -2.05. The number of nitrogens with zero attached hydrogens (tertiary/aromatic N) is 2. The molecule has 32 heavy (non-hydrogen) atoms. The van der Waals surface area contributed by atoms with E-state index in [0.29, 0.717) is 0 Å². The van der Waals surface area contributed by atoms with E-state index in [9.17, 15) is 19.2 Å². The number of hydrogen-bond acceptors (Lipinski definition) is 6. The Bertz CT molecular complexity index is 1270. The number of rotatable bonds is 5. The fourth-order valence-corrected chi connectivity index (χ4v) is 3.48. The van der Waals surface area contributed by atoms with Crippen molar-refractivity contribution in [2.75, 3.05) is 16.8 Å². The molecule has 160 valence electrons. The van der Waals surface area contributed by atoms with Crippen molar-refractivity contribution >= 4 is 46.8 Å². The maximum atomic E-state index is 12.9. The lowest BCUT2D eigenvalue weighted by molar-refractivity contribution is 0.0525. The molecule has 0 spiro atoms. The number of imide groups is 1. The topological polar surface area (TPSA) is 106 Å². The number of hydrogen-bond donors (Lipinski definition) is 1. The molecule has 0 saturated carbocycles. The lowest BCUT2D eigenvalue weighted by Gasteiger charge is -2.15. The molecule has 0 saturated heterocycles. The molecule has 1 aromatic heterocycles. The Kier molecular flexibility index (Phi) is 5.70. The van der Waals surface area contributed by atoms with Crippen molar-refractivity contribution < 1.29 is 23.9 Å². The fourth-order valence-electron chi connectivity index (χ4n) is 3.26. The number of nitrogens with one attached hydrogen (secondary N) is 1. The molecular weight excluding hydrogens is 434 g/mol. The average Bonchev–Trinajstić information content (AvgIpc) is 3.04. The Balaban J connectivity index is 1.59. The molecule has 0 fully saturated rings. The van der Waals surface area contributed by atoms with Gasteiger partial charge in [-0.25, -0.2) is 14.7 Å². The van der Waals surface area contributed by atoms with Crippen molar-refractivity contribution in [3.05, 3.63) is 88.1 Å². The molecule has 0 atom stereocenters. The molecule has 2 heterocycles. The number of fused-ring (bicyclic) bond motifs is 1. The van der Waals surface area contributed by atoms with Gasteiger partial charge in [-0.05, 0) is 49.4 Å². The number of carbonyl (C=O) groups excluding carboxylic acids is 4. The maximum Gasteiger partial charge on any atom is 0.338 e. The molecule has 0 unspecified atom stereocenters. The molecular formula is C23H16ClN3O5. The predicted octanol–water partition coefficient (Wildman–Crippen LogP) is 3.96. The number of carbonyl (C=O) groups is 4. The summed E-state index contributed by atoms with van der Waals surface area (Å²) in [5, 5.41) is 2.83. The Morgan fingerprint density at radius 3 is 2.50 bits per heavy atom. The minimum atomic E-state index is -0.574. The summed E-state index contributed by atoms with van der Waals surface area (Å²) < 4.78 is 4.94. The van der Waals surface area contributed by atoms with Gasteiger partial charge in [0.25, 0.3) is 17.7 Å². The smallest absolute Gasteiger partial charge is 0.338 e. The van der Waals surface area contributed by atoms with Gasteiger partial charge in [0.1, 0.15) is 5.82 Å². The van der Waals surface area contributed by atoms with E-state index < -0.39 is 23.7 Å². The lowest BCUT2D eigenvalue weighted by atomic mass is 10.1. The molecule has 8 nitrogen and oxygen atoms in total. The number of pyridine rings is 1. The number of aromatic nitrogens is 1. The number of esters is 1. The van der Waals surface area contributed by atoms with Crippen LogP contribution in [0.15, 0.2) is 60.8 Å². The molecule has 3 aromatic rings. The predicted molar refractivity (Wildman–Crippen MR) is 117 cm³/mol. The Morgan fingerprint density at radius 1 is 1.00 bits per heavy atom. The first kappa shape index (κ1) is 21.2. The van der Waals surface area contributed by atoms with Crippen LogP contribution in [0.2, 0.25) is 5.02 Å². The minimum Gasteiger partial charge on any atom is -0.462 e. The van der Waals surface area contributed by atoms with Crippen molar-refractivity contribution in [3.8, 4) is 0 Å². The van der Waals surface area contributed by atoms with Gasteiger partial charge in [0.15, 0.2) is 0 Å². The van der Waals surface area contributed by atoms with Gasteiger partial charge >= 0.3 is 5.97 Å². The fraction of sp³-hybridized carbons (Fsp3) is 0.0870. The number of para-hydroxylation sites is 1. The van der Waals surface area contributed by atoms with Crippen molar-refractivity contribution in [3.63, 3.8) is 0 Å². The van der Waals surface area contributed by atoms with Crippen LogP contribution in [0.4, 0.5) is 11.5 Å². The van der Waals surface area contributed by atoms with E-state index in [4.69, 9.17) is 16.3 Å². The quantitative estimate of drug-likeness (QED) is 0.466. The highest BCUT2D eigenvalue weighted by atomic mass is 35.5. The van der Waals surface area contributed by atoms with Crippen LogP contribution in [0, 0.1) is 0 Å². The van der Waals surface area contributed by atoms with Crippen molar-refractivity contribution in [1.82, 2.24) is 4.98 Å². The van der Waals surface area contributed by atoms with Gasteiger partial charge in [-0.2, -0.15) is 0 Å². The van der Waals surface area contributed by atoms with E-state index in [1.807, 2.05) is 0 Å². The first-order valence-corrected chi connectivity index (χ1v) is 10.0. The van der Waals surface area contributed by atoms with Gasteiger partial charge in [0, 0.05) is 11.8 Å². The van der Waals surface area contributed by atoms with Crippen LogP contribution in [0.3, 0.4) is 0 Å². The van der Waals surface area contributed by atoms with Crippen molar-refractivity contribution in [2.24, 2.45) is 0 Å². The van der Waals surface area contributed by atoms with Gasteiger partial charge in [-0.3, -0.25) is 14.4 Å². The van der Waals surface area contributed by atoms with Crippen LogP contribution in [-0.4, -0.2) is 35.3 Å². The number of ether oxygens (including phenoxy) is 1. The standard InChI is InChI=1S/C23H16ClN3O5/c1-2-32-23(31)14-9-10-25-19(12-14)26-20(28)13-7-8-15-16(11-13)22(30)27(21(15)29)18-6-4-3-5-17(18)24/h3-12H,2H2,1H3,(H,25,26,28). The summed E-state index contributed by atoms with van der Waals surface area (Å²) in [6.07, 6.45) is 1.37. The normalized spacial score (nSPS) is 12.5. The number of halogens is 1. The van der Waals surface area contributed by atoms with Gasteiger partial charge in [0.2, 0.25) is 0 Å². The monoisotopic (exact) mass is 449 g/mol. The van der Waals surface area contributed by atoms with E-state index in [1.165, 1.54) is 36.5 Å². The molecule has 0 radical (unpaired) electrons. The minimum absolute atomic E-state index is 0.0933. The third kappa shape index (κ3) is 3.83. The van der Waals surface area contributed by atoms with E-state index in [1.54, 1.807) is 31.2 Å². The van der Waals surface area contributed by atoms with E-state index in [-0.39, 0.29) is 45.4 Å². The van der Waals surface area contributed by atoms with Crippen LogP contribution in [-0.2, 0) is 4.74 Å². The summed E-state index contributed by atoms with van der Waals surface area (Å²) in [4.78, 5) is 55.3. The molecule has 1 aliphatic rings. The molecule has 1 N–H and O–H groups in total. The third-order valence-corrected chi connectivity index (χ3v) is 5.07. The second kappa shape index (κ2) is 8.60. The Labute approximate surface area is 187 Å². The van der Waals surface area contributed by atoms with Crippen LogP contribution in [0.25, 0.3) is 0 Å². The Hall–Kier alpha value is -4.04. The summed E-state index contributed by atoms with van der Waals surface area (Å²) in [7, 11) is 0. The summed E-state index contributed by atoms with van der Waals surface area (Å²) in [6.45, 7) is 1.91. The zero-order valence-corrected chi connectivity index (χ0v) is 17.6. The highest BCUT2D eigenvalue weighted by molar-refractivity contribution is 6.40.